The second kappa shape index (κ2) is 5.96. The highest BCUT2D eigenvalue weighted by atomic mass is 16.5. The number of ether oxygens (including phenoxy) is 1. The molecule has 3 N–H and O–H groups in total. The summed E-state index contributed by atoms with van der Waals surface area (Å²) in [6.45, 7) is 1.79. The Labute approximate surface area is 131 Å². The van der Waals surface area contributed by atoms with Crippen LogP contribution in [0.3, 0.4) is 0 Å². The Bertz CT molecular complexity index is 828. The quantitative estimate of drug-likeness (QED) is 0.792. The number of H-pyrrole nitrogens is 1. The molecule has 2 heterocycles. The van der Waals surface area contributed by atoms with E-state index in [0.29, 0.717) is 11.4 Å². The Hall–Kier alpha value is -3.09. The number of amides is 2. The van der Waals surface area contributed by atoms with E-state index in [1.165, 1.54) is 12.3 Å². The molecule has 2 amide bonds. The second-order valence-electron chi connectivity index (χ2n) is 5.20. The minimum absolute atomic E-state index is 0.00454. The number of aromatic nitrogens is 1. The monoisotopic (exact) mass is 313 g/mol. The molecular weight excluding hydrogens is 298 g/mol. The van der Waals surface area contributed by atoms with Crippen LogP contribution in [0.5, 0.6) is 5.75 Å². The summed E-state index contributed by atoms with van der Waals surface area (Å²) in [6, 6.07) is 7.99. The van der Waals surface area contributed by atoms with Crippen LogP contribution in [-0.2, 0) is 4.79 Å². The molecule has 0 spiro atoms. The fraction of sp³-hybridized carbons (Fsp3) is 0.188. The zero-order valence-electron chi connectivity index (χ0n) is 12.4. The van der Waals surface area contributed by atoms with Crippen molar-refractivity contribution in [3.05, 3.63) is 58.0 Å². The summed E-state index contributed by atoms with van der Waals surface area (Å²) in [6.07, 6.45) is 1.47. The molecule has 0 unspecified atom stereocenters. The van der Waals surface area contributed by atoms with Crippen LogP contribution in [0.2, 0.25) is 0 Å². The van der Waals surface area contributed by atoms with Crippen molar-refractivity contribution < 1.29 is 14.3 Å². The van der Waals surface area contributed by atoms with E-state index in [4.69, 9.17) is 4.74 Å². The van der Waals surface area contributed by atoms with Crippen LogP contribution in [0, 0.1) is 0 Å². The zero-order chi connectivity index (χ0) is 16.4. The van der Waals surface area contributed by atoms with Crippen molar-refractivity contribution in [1.29, 1.82) is 0 Å². The maximum absolute atomic E-state index is 12.2. The fourth-order valence-corrected chi connectivity index (χ4v) is 2.33. The van der Waals surface area contributed by atoms with Gasteiger partial charge in [-0.05, 0) is 36.8 Å². The number of pyridine rings is 1. The first-order valence-corrected chi connectivity index (χ1v) is 7.10. The van der Waals surface area contributed by atoms with Crippen LogP contribution >= 0.6 is 0 Å². The molecule has 1 aromatic carbocycles. The van der Waals surface area contributed by atoms with E-state index >= 15 is 0 Å². The van der Waals surface area contributed by atoms with Gasteiger partial charge >= 0.3 is 0 Å². The van der Waals surface area contributed by atoms with Gasteiger partial charge in [-0.2, -0.15) is 0 Å². The van der Waals surface area contributed by atoms with Gasteiger partial charge in [0.1, 0.15) is 11.3 Å². The summed E-state index contributed by atoms with van der Waals surface area (Å²) in [4.78, 5) is 37.6. The first-order valence-electron chi connectivity index (χ1n) is 7.10. The topological polar surface area (TPSA) is 100 Å². The maximum Gasteiger partial charge on any atom is 0.262 e. The molecule has 0 fully saturated rings. The molecule has 1 aliphatic rings. The third-order valence-corrected chi connectivity index (χ3v) is 3.55. The van der Waals surface area contributed by atoms with E-state index in [9.17, 15) is 14.4 Å². The van der Waals surface area contributed by atoms with Crippen LogP contribution in [0.15, 0.2) is 41.3 Å². The molecule has 0 saturated heterocycles. The summed E-state index contributed by atoms with van der Waals surface area (Å²) in [5.41, 5.74) is 0.963. The van der Waals surface area contributed by atoms with E-state index in [1.807, 2.05) is 0 Å². The van der Waals surface area contributed by atoms with Crippen molar-refractivity contribution >= 4 is 17.5 Å². The van der Waals surface area contributed by atoms with E-state index in [2.05, 4.69) is 15.6 Å². The predicted molar refractivity (Wildman–Crippen MR) is 83.5 cm³/mol. The Morgan fingerprint density at radius 3 is 2.91 bits per heavy atom. The minimum atomic E-state index is -0.461. The summed E-state index contributed by atoms with van der Waals surface area (Å²) >= 11 is 0. The Kier molecular flexibility index (Phi) is 3.84. The number of hydrogen-bond donors (Lipinski definition) is 3. The molecule has 0 aliphatic carbocycles. The van der Waals surface area contributed by atoms with E-state index in [0.717, 1.165) is 5.56 Å². The average Bonchev–Trinajstić information content (AvgIpc) is 2.54. The van der Waals surface area contributed by atoms with Crippen LogP contribution in [0.1, 0.15) is 28.9 Å². The normalized spacial score (nSPS) is 14.2. The van der Waals surface area contributed by atoms with Gasteiger partial charge in [0, 0.05) is 6.20 Å². The lowest BCUT2D eigenvalue weighted by atomic mass is 10.1. The third-order valence-electron chi connectivity index (χ3n) is 3.55. The summed E-state index contributed by atoms with van der Waals surface area (Å²) < 4.78 is 5.29. The molecule has 0 radical (unpaired) electrons. The molecule has 1 atom stereocenters. The molecule has 3 rings (SSSR count). The van der Waals surface area contributed by atoms with E-state index in [1.54, 1.807) is 31.2 Å². The van der Waals surface area contributed by atoms with Crippen molar-refractivity contribution in [3.8, 4) is 5.75 Å². The van der Waals surface area contributed by atoms with Gasteiger partial charge in [0.15, 0.2) is 6.61 Å². The Morgan fingerprint density at radius 2 is 2.13 bits per heavy atom. The minimum Gasteiger partial charge on any atom is -0.482 e. The number of nitrogens with one attached hydrogen (secondary N) is 3. The highest BCUT2D eigenvalue weighted by molar-refractivity contribution is 5.96. The number of fused-ring (bicyclic) bond motifs is 1. The molecular formula is C16H15N3O4. The molecule has 0 bridgehead atoms. The zero-order valence-corrected chi connectivity index (χ0v) is 12.4. The Morgan fingerprint density at radius 1 is 1.30 bits per heavy atom. The predicted octanol–water partition coefficient (Wildman–Crippen LogP) is 1.20. The molecule has 2 aromatic rings. The number of aromatic amines is 1. The first-order chi connectivity index (χ1) is 11.0. The lowest BCUT2D eigenvalue weighted by Crippen LogP contribution is -2.31. The standard InChI is InChI=1S/C16H15N3O4/c1-9(18-16(22)11-3-2-6-17-15(11)21)10-4-5-13-12(7-10)19-14(20)8-23-13/h2-7,9H,8H2,1H3,(H,17,21)(H,18,22)(H,19,20)/t9-/m1/s1. The molecule has 7 heteroatoms. The van der Waals surface area contributed by atoms with Gasteiger partial charge in [-0.15, -0.1) is 0 Å². The maximum atomic E-state index is 12.2. The van der Waals surface area contributed by atoms with Crippen LogP contribution < -0.4 is 20.9 Å². The molecule has 23 heavy (non-hydrogen) atoms. The number of carbonyl (C=O) groups excluding carboxylic acids is 2. The van der Waals surface area contributed by atoms with Crippen molar-refractivity contribution in [1.82, 2.24) is 10.3 Å². The lowest BCUT2D eigenvalue weighted by molar-refractivity contribution is -0.118. The molecule has 1 aromatic heterocycles. The molecule has 118 valence electrons. The first kappa shape index (κ1) is 14.8. The second-order valence-corrected chi connectivity index (χ2v) is 5.20. The van der Waals surface area contributed by atoms with Gasteiger partial charge in [0.2, 0.25) is 0 Å². The van der Waals surface area contributed by atoms with Crippen molar-refractivity contribution in [2.45, 2.75) is 13.0 Å². The number of hydrogen-bond acceptors (Lipinski definition) is 4. The number of rotatable bonds is 3. The average molecular weight is 313 g/mol. The van der Waals surface area contributed by atoms with Crippen LogP contribution in [0.25, 0.3) is 0 Å². The van der Waals surface area contributed by atoms with Gasteiger partial charge in [-0.1, -0.05) is 6.07 Å². The largest absolute Gasteiger partial charge is 0.482 e. The smallest absolute Gasteiger partial charge is 0.262 e. The molecule has 1 aliphatic heterocycles. The lowest BCUT2D eigenvalue weighted by Gasteiger charge is -2.20. The Balaban J connectivity index is 1.78. The van der Waals surface area contributed by atoms with Crippen LogP contribution in [-0.4, -0.2) is 23.4 Å². The molecule has 0 saturated carbocycles. The number of benzene rings is 1. The summed E-state index contributed by atoms with van der Waals surface area (Å²) in [7, 11) is 0. The van der Waals surface area contributed by atoms with E-state index < -0.39 is 11.5 Å². The highest BCUT2D eigenvalue weighted by Gasteiger charge is 2.19. The van der Waals surface area contributed by atoms with Crippen molar-refractivity contribution in [3.63, 3.8) is 0 Å². The van der Waals surface area contributed by atoms with Crippen molar-refractivity contribution in [2.24, 2.45) is 0 Å². The third kappa shape index (κ3) is 3.08. The number of anilines is 1. The SMILES string of the molecule is C[C@@H](NC(=O)c1ccc[nH]c1=O)c1ccc2c(c1)NC(=O)CO2. The van der Waals surface area contributed by atoms with Gasteiger partial charge in [-0.25, -0.2) is 0 Å². The fourth-order valence-electron chi connectivity index (χ4n) is 2.33. The van der Waals surface area contributed by atoms with Gasteiger partial charge in [-0.3, -0.25) is 14.4 Å². The van der Waals surface area contributed by atoms with Gasteiger partial charge in [0.25, 0.3) is 17.4 Å². The van der Waals surface area contributed by atoms with Gasteiger partial charge in [0.05, 0.1) is 11.7 Å². The highest BCUT2D eigenvalue weighted by Crippen LogP contribution is 2.30. The van der Waals surface area contributed by atoms with Gasteiger partial charge < -0.3 is 20.4 Å². The van der Waals surface area contributed by atoms with Crippen LogP contribution in [0.4, 0.5) is 5.69 Å². The summed E-state index contributed by atoms with van der Waals surface area (Å²) in [5.74, 6) is -0.0918. The summed E-state index contributed by atoms with van der Waals surface area (Å²) in [5, 5.41) is 5.48. The molecule has 7 nitrogen and oxygen atoms in total. The van der Waals surface area contributed by atoms with Crippen molar-refractivity contribution in [2.75, 3.05) is 11.9 Å². The van der Waals surface area contributed by atoms with E-state index in [-0.39, 0.29) is 24.1 Å². The number of carbonyl (C=O) groups is 2.